The van der Waals surface area contributed by atoms with Crippen molar-refractivity contribution in [2.24, 2.45) is 21.9 Å². The van der Waals surface area contributed by atoms with E-state index in [0.717, 1.165) is 28.5 Å². The number of nitrogens with one attached hydrogen (secondary N) is 1. The van der Waals surface area contributed by atoms with E-state index in [-0.39, 0.29) is 29.0 Å². The highest BCUT2D eigenvalue weighted by Gasteiger charge is 2.41. The minimum Gasteiger partial charge on any atom is -0.383 e. The molecule has 0 saturated heterocycles. The second-order valence-corrected chi connectivity index (χ2v) is 9.54. The Hall–Kier alpha value is -2.16. The Labute approximate surface area is 187 Å². The van der Waals surface area contributed by atoms with Crippen molar-refractivity contribution in [3.05, 3.63) is 57.5 Å². The van der Waals surface area contributed by atoms with E-state index in [1.54, 1.807) is 10.7 Å². The highest BCUT2D eigenvalue weighted by molar-refractivity contribution is 9.10. The van der Waals surface area contributed by atoms with Crippen molar-refractivity contribution >= 4 is 50.3 Å². The zero-order chi connectivity index (χ0) is 21.6. The Morgan fingerprint density at radius 1 is 1.37 bits per heavy atom. The van der Waals surface area contributed by atoms with Crippen LogP contribution in [-0.2, 0) is 0 Å². The second kappa shape index (κ2) is 7.83. The summed E-state index contributed by atoms with van der Waals surface area (Å²) >= 11 is 9.68. The van der Waals surface area contributed by atoms with Crippen LogP contribution in [0.5, 0.6) is 0 Å². The van der Waals surface area contributed by atoms with Gasteiger partial charge >= 0.3 is 0 Å². The van der Waals surface area contributed by atoms with Gasteiger partial charge in [0.15, 0.2) is 0 Å². The molecule has 6 nitrogen and oxygen atoms in total. The van der Waals surface area contributed by atoms with Gasteiger partial charge in [0.05, 0.1) is 33.7 Å². The van der Waals surface area contributed by atoms with Crippen LogP contribution < -0.4 is 16.8 Å². The molecular weight excluding hydrogens is 471 g/mol. The van der Waals surface area contributed by atoms with E-state index >= 15 is 0 Å². The van der Waals surface area contributed by atoms with Crippen LogP contribution >= 0.6 is 27.5 Å². The molecule has 158 valence electrons. The zero-order valence-corrected chi connectivity index (χ0v) is 19.0. The minimum absolute atomic E-state index is 0.0981. The summed E-state index contributed by atoms with van der Waals surface area (Å²) in [6, 6.07) is 6.20. The quantitative estimate of drug-likeness (QED) is 0.358. The molecule has 3 aromatic rings. The van der Waals surface area contributed by atoms with E-state index in [1.165, 1.54) is 18.2 Å². The maximum Gasteiger partial charge on any atom is 0.135 e. The predicted molar refractivity (Wildman–Crippen MR) is 123 cm³/mol. The molecule has 1 aliphatic rings. The fourth-order valence-corrected chi connectivity index (χ4v) is 4.48. The molecule has 4 rings (SSSR count). The number of amidine groups is 1. The summed E-state index contributed by atoms with van der Waals surface area (Å²) in [4.78, 5) is 4.39. The van der Waals surface area contributed by atoms with Gasteiger partial charge < -0.3 is 16.8 Å². The normalized spacial score (nSPS) is 21.3. The number of aromatic nitrogens is 2. The molecule has 2 unspecified atom stereocenters. The summed E-state index contributed by atoms with van der Waals surface area (Å²) in [6.45, 7) is 4.33. The summed E-state index contributed by atoms with van der Waals surface area (Å²) in [6.07, 6.45) is 5.40. The van der Waals surface area contributed by atoms with E-state index < -0.39 is 5.82 Å². The molecule has 1 fully saturated rings. The molecule has 0 amide bonds. The van der Waals surface area contributed by atoms with Gasteiger partial charge in [-0.2, -0.15) is 5.10 Å². The van der Waals surface area contributed by atoms with Gasteiger partial charge in [-0.05, 0) is 52.4 Å². The molecule has 2 heterocycles. The zero-order valence-electron chi connectivity index (χ0n) is 16.7. The third-order valence-corrected chi connectivity index (χ3v) is 6.72. The Morgan fingerprint density at radius 2 is 2.13 bits per heavy atom. The molecule has 0 radical (unpaired) electrons. The van der Waals surface area contributed by atoms with Gasteiger partial charge in [0.2, 0.25) is 0 Å². The number of hydrogen-bond acceptors (Lipinski definition) is 4. The first kappa shape index (κ1) is 21.1. The van der Waals surface area contributed by atoms with Crippen LogP contribution in [0.2, 0.25) is 5.02 Å². The number of benzene rings is 1. The van der Waals surface area contributed by atoms with Gasteiger partial charge in [-0.3, -0.25) is 0 Å². The summed E-state index contributed by atoms with van der Waals surface area (Å²) in [5, 5.41) is 8.41. The third-order valence-electron chi connectivity index (χ3n) is 5.97. The van der Waals surface area contributed by atoms with Gasteiger partial charge in [-0.25, -0.2) is 13.9 Å². The fourth-order valence-electron chi connectivity index (χ4n) is 3.91. The summed E-state index contributed by atoms with van der Waals surface area (Å²) in [7, 11) is 0. The van der Waals surface area contributed by atoms with E-state index in [2.05, 4.69) is 45.2 Å². The van der Waals surface area contributed by atoms with Crippen molar-refractivity contribution in [2.45, 2.75) is 38.8 Å². The predicted octanol–water partition coefficient (Wildman–Crippen LogP) is 4.85. The van der Waals surface area contributed by atoms with E-state index in [1.807, 2.05) is 12.3 Å². The topological polar surface area (TPSA) is 93.7 Å². The van der Waals surface area contributed by atoms with Crippen LogP contribution in [0.1, 0.15) is 32.3 Å². The number of nitrogens with zero attached hydrogens (tertiary/aromatic N) is 3. The van der Waals surface area contributed by atoms with Crippen LogP contribution in [0, 0.1) is 11.2 Å². The summed E-state index contributed by atoms with van der Waals surface area (Å²) in [5.41, 5.74) is 15.1. The van der Waals surface area contributed by atoms with Crippen LogP contribution in [-0.4, -0.2) is 27.5 Å². The maximum absolute atomic E-state index is 13.7. The highest BCUT2D eigenvalue weighted by atomic mass is 79.9. The Bertz CT molecular complexity index is 1140. The number of nitrogens with two attached hydrogens (primary N) is 2. The van der Waals surface area contributed by atoms with Crippen molar-refractivity contribution in [1.82, 2.24) is 9.61 Å². The molecule has 30 heavy (non-hydrogen) atoms. The summed E-state index contributed by atoms with van der Waals surface area (Å²) < 4.78 is 16.3. The third kappa shape index (κ3) is 3.79. The Morgan fingerprint density at radius 3 is 2.83 bits per heavy atom. The lowest BCUT2D eigenvalue weighted by atomic mass is 9.84. The molecule has 1 saturated carbocycles. The molecule has 2 aromatic heterocycles. The van der Waals surface area contributed by atoms with Gasteiger partial charge in [-0.15, -0.1) is 0 Å². The molecule has 2 atom stereocenters. The first-order valence-electron chi connectivity index (χ1n) is 9.65. The number of fused-ring (bicyclic) bond motifs is 1. The van der Waals surface area contributed by atoms with E-state index in [4.69, 9.17) is 23.1 Å². The monoisotopic (exact) mass is 492 g/mol. The Kier molecular flexibility index (Phi) is 5.50. The van der Waals surface area contributed by atoms with E-state index in [9.17, 15) is 4.39 Å². The smallest absolute Gasteiger partial charge is 0.135 e. The van der Waals surface area contributed by atoms with Crippen molar-refractivity contribution in [3.8, 4) is 0 Å². The van der Waals surface area contributed by atoms with Crippen LogP contribution in [0.25, 0.3) is 5.52 Å². The molecular formula is C21H23BrClFN6. The van der Waals surface area contributed by atoms with Crippen molar-refractivity contribution in [1.29, 1.82) is 0 Å². The maximum atomic E-state index is 13.7. The highest BCUT2D eigenvalue weighted by Crippen LogP contribution is 2.40. The molecule has 5 N–H and O–H groups in total. The number of aliphatic imine (C=N–C) groups is 1. The molecule has 0 bridgehead atoms. The van der Waals surface area contributed by atoms with Crippen molar-refractivity contribution in [2.75, 3.05) is 5.32 Å². The molecule has 0 spiro atoms. The first-order chi connectivity index (χ1) is 14.2. The number of rotatable bonds is 4. The average Bonchev–Trinajstić information content (AvgIpc) is 3.18. The Balaban J connectivity index is 1.83. The van der Waals surface area contributed by atoms with Gasteiger partial charge in [-0.1, -0.05) is 25.4 Å². The fraction of sp³-hybridized carbons (Fsp3) is 0.333. The lowest BCUT2D eigenvalue weighted by Crippen LogP contribution is -2.42. The van der Waals surface area contributed by atoms with Crippen molar-refractivity contribution < 1.29 is 4.39 Å². The van der Waals surface area contributed by atoms with Crippen molar-refractivity contribution in [3.63, 3.8) is 0 Å². The lowest BCUT2D eigenvalue weighted by molar-refractivity contribution is 0.308. The molecule has 1 aliphatic carbocycles. The number of halogens is 3. The molecule has 0 aliphatic heterocycles. The van der Waals surface area contributed by atoms with Gasteiger partial charge in [0, 0.05) is 28.8 Å². The molecule has 1 aromatic carbocycles. The van der Waals surface area contributed by atoms with Crippen LogP contribution in [0.3, 0.4) is 0 Å². The van der Waals surface area contributed by atoms with Gasteiger partial charge in [0.1, 0.15) is 11.7 Å². The van der Waals surface area contributed by atoms with Gasteiger partial charge in [0.25, 0.3) is 0 Å². The second-order valence-electron chi connectivity index (χ2n) is 8.22. The van der Waals surface area contributed by atoms with E-state index in [0.29, 0.717) is 10.6 Å². The molecule has 9 heteroatoms. The largest absolute Gasteiger partial charge is 0.383 e. The average molecular weight is 494 g/mol. The standard InChI is InChI=1S/C21H23BrClFN6/c1-21(2)17(25)5-6-18(21)29-19-13(9-27-30-10-11(22)7-16(19)30)20(26)28-15-8-12(24)3-4-14(15)23/h3-4,7-10,17-18,29H,5-6,25H2,1-2H3,(H2,26,28). The first-order valence-corrected chi connectivity index (χ1v) is 10.8. The van der Waals surface area contributed by atoms with Crippen LogP contribution in [0.15, 0.2) is 46.1 Å². The number of anilines is 1. The number of hydrogen-bond donors (Lipinski definition) is 3. The SMILES string of the molecule is CC1(C)C(N)CCC1Nc1c(C(N)=Nc2cc(F)ccc2Cl)cnn2cc(Br)cc12. The summed E-state index contributed by atoms with van der Waals surface area (Å²) in [5.74, 6) is -0.243. The minimum atomic E-state index is -0.435. The van der Waals surface area contributed by atoms with Crippen LogP contribution in [0.4, 0.5) is 15.8 Å². The lowest BCUT2D eigenvalue weighted by Gasteiger charge is -2.32.